The quantitative estimate of drug-likeness (QED) is 0.919. The van der Waals surface area contributed by atoms with Gasteiger partial charge in [0.2, 0.25) is 5.91 Å². The highest BCUT2D eigenvalue weighted by Crippen LogP contribution is 2.20. The van der Waals surface area contributed by atoms with Crippen LogP contribution in [-0.4, -0.2) is 35.6 Å². The summed E-state index contributed by atoms with van der Waals surface area (Å²) in [7, 11) is 0. The third kappa shape index (κ3) is 3.54. The average Bonchev–Trinajstić information content (AvgIpc) is 2.44. The zero-order valence-corrected chi connectivity index (χ0v) is 11.3. The monoisotopic (exact) mass is 283 g/mol. The lowest BCUT2D eigenvalue weighted by Crippen LogP contribution is -2.41. The van der Waals surface area contributed by atoms with Crippen molar-refractivity contribution in [3.8, 4) is 0 Å². The van der Waals surface area contributed by atoms with E-state index in [-0.39, 0.29) is 24.5 Å². The number of hydrogen-bond donors (Lipinski definition) is 1. The number of nitrogens with zero attached hydrogens (tertiary/aromatic N) is 1. The van der Waals surface area contributed by atoms with Crippen molar-refractivity contribution in [2.24, 2.45) is 5.92 Å². The number of halogens is 2. The minimum Gasteiger partial charge on any atom is -0.396 e. The first-order valence-corrected chi connectivity index (χ1v) is 6.93. The first-order chi connectivity index (χ1) is 9.61. The molecule has 0 radical (unpaired) electrons. The van der Waals surface area contributed by atoms with Crippen molar-refractivity contribution in [3.05, 3.63) is 35.4 Å². The molecular weight excluding hydrogens is 264 g/mol. The number of likely N-dealkylation sites (tertiary alicyclic amines) is 1. The maximum Gasteiger partial charge on any atom is 0.227 e. The van der Waals surface area contributed by atoms with Gasteiger partial charge >= 0.3 is 0 Å². The summed E-state index contributed by atoms with van der Waals surface area (Å²) in [6.45, 7) is 1.36. The molecule has 0 aliphatic carbocycles. The van der Waals surface area contributed by atoms with E-state index in [1.165, 1.54) is 12.1 Å². The third-order valence-corrected chi connectivity index (χ3v) is 3.78. The van der Waals surface area contributed by atoms with Gasteiger partial charge < -0.3 is 10.0 Å². The lowest BCUT2D eigenvalue weighted by molar-refractivity contribution is -0.132. The molecule has 1 amide bonds. The van der Waals surface area contributed by atoms with Crippen LogP contribution in [0.3, 0.4) is 0 Å². The van der Waals surface area contributed by atoms with Crippen molar-refractivity contribution >= 4 is 5.91 Å². The summed E-state index contributed by atoms with van der Waals surface area (Å²) in [5.74, 6) is -1.75. The van der Waals surface area contributed by atoms with Gasteiger partial charge in [0.1, 0.15) is 0 Å². The van der Waals surface area contributed by atoms with Crippen LogP contribution in [0.1, 0.15) is 24.8 Å². The van der Waals surface area contributed by atoms with Gasteiger partial charge in [-0.3, -0.25) is 4.79 Å². The number of aliphatic hydroxyl groups excluding tert-OH is 1. The van der Waals surface area contributed by atoms with E-state index in [2.05, 4.69) is 0 Å². The molecule has 0 bridgehead atoms. The standard InChI is InChI=1S/C15H19F2NO2/c16-13-5-1-4-12(15(13)17)9-14(20)18-7-2-3-11(10-18)6-8-19/h1,4-5,11,19H,2-3,6-10H2. The lowest BCUT2D eigenvalue weighted by Gasteiger charge is -2.32. The van der Waals surface area contributed by atoms with Gasteiger partial charge in [-0.2, -0.15) is 0 Å². The van der Waals surface area contributed by atoms with Gasteiger partial charge in [0.05, 0.1) is 6.42 Å². The van der Waals surface area contributed by atoms with Crippen LogP contribution in [0.15, 0.2) is 18.2 Å². The molecule has 0 saturated carbocycles. The van der Waals surface area contributed by atoms with Crippen molar-refractivity contribution in [1.29, 1.82) is 0 Å². The van der Waals surface area contributed by atoms with E-state index in [1.807, 2.05) is 0 Å². The first-order valence-electron chi connectivity index (χ1n) is 6.93. The Morgan fingerprint density at radius 1 is 1.40 bits per heavy atom. The number of hydrogen-bond acceptors (Lipinski definition) is 2. The molecule has 1 N–H and O–H groups in total. The van der Waals surface area contributed by atoms with Crippen molar-refractivity contribution in [3.63, 3.8) is 0 Å². The minimum absolute atomic E-state index is 0.0966. The fourth-order valence-corrected chi connectivity index (χ4v) is 2.67. The molecule has 1 aliphatic rings. The van der Waals surface area contributed by atoms with Gasteiger partial charge in [0.25, 0.3) is 0 Å². The number of rotatable bonds is 4. The van der Waals surface area contributed by atoms with Crippen LogP contribution in [0.25, 0.3) is 0 Å². The second-order valence-electron chi connectivity index (χ2n) is 5.25. The molecular formula is C15H19F2NO2. The van der Waals surface area contributed by atoms with Gasteiger partial charge in [-0.25, -0.2) is 8.78 Å². The molecule has 1 heterocycles. The molecule has 1 atom stereocenters. The highest BCUT2D eigenvalue weighted by Gasteiger charge is 2.24. The van der Waals surface area contributed by atoms with Crippen molar-refractivity contribution in [2.75, 3.05) is 19.7 Å². The van der Waals surface area contributed by atoms with Crippen LogP contribution >= 0.6 is 0 Å². The number of piperidine rings is 1. The normalized spacial score (nSPS) is 19.1. The molecule has 1 saturated heterocycles. The molecule has 5 heteroatoms. The molecule has 1 aromatic rings. The lowest BCUT2D eigenvalue weighted by atomic mass is 9.94. The molecule has 110 valence electrons. The highest BCUT2D eigenvalue weighted by atomic mass is 19.2. The van der Waals surface area contributed by atoms with Crippen LogP contribution in [0.2, 0.25) is 0 Å². The summed E-state index contributed by atoms with van der Waals surface area (Å²) in [5.41, 5.74) is 0.0966. The number of carbonyl (C=O) groups is 1. The Kier molecular flexibility index (Phi) is 5.06. The summed E-state index contributed by atoms with van der Waals surface area (Å²) in [5, 5.41) is 8.95. The predicted octanol–water partition coefficient (Wildman–Crippen LogP) is 2.13. The van der Waals surface area contributed by atoms with Gasteiger partial charge in [-0.1, -0.05) is 12.1 Å². The van der Waals surface area contributed by atoms with Crippen molar-refractivity contribution in [1.82, 2.24) is 4.90 Å². The second kappa shape index (κ2) is 6.79. The van der Waals surface area contributed by atoms with Crippen LogP contribution < -0.4 is 0 Å². The molecule has 1 aliphatic heterocycles. The van der Waals surface area contributed by atoms with Gasteiger partial charge in [0, 0.05) is 25.3 Å². The molecule has 3 nitrogen and oxygen atoms in total. The molecule has 20 heavy (non-hydrogen) atoms. The Morgan fingerprint density at radius 2 is 2.20 bits per heavy atom. The van der Waals surface area contributed by atoms with E-state index >= 15 is 0 Å². The van der Waals surface area contributed by atoms with E-state index in [0.29, 0.717) is 25.4 Å². The second-order valence-corrected chi connectivity index (χ2v) is 5.25. The molecule has 2 rings (SSSR count). The molecule has 1 aromatic carbocycles. The summed E-state index contributed by atoms with van der Waals surface area (Å²) in [6, 6.07) is 3.89. The van der Waals surface area contributed by atoms with E-state index in [9.17, 15) is 13.6 Å². The predicted molar refractivity (Wildman–Crippen MR) is 71.1 cm³/mol. The largest absolute Gasteiger partial charge is 0.396 e. The summed E-state index contributed by atoms with van der Waals surface area (Å²) in [4.78, 5) is 13.8. The Balaban J connectivity index is 1.99. The average molecular weight is 283 g/mol. The maximum atomic E-state index is 13.5. The fourth-order valence-electron chi connectivity index (χ4n) is 2.67. The van der Waals surface area contributed by atoms with Crippen molar-refractivity contribution < 1.29 is 18.7 Å². The maximum absolute atomic E-state index is 13.5. The number of benzene rings is 1. The van der Waals surface area contributed by atoms with E-state index < -0.39 is 11.6 Å². The van der Waals surface area contributed by atoms with E-state index in [0.717, 1.165) is 18.9 Å². The first kappa shape index (κ1) is 14.9. The van der Waals surface area contributed by atoms with Gasteiger partial charge in [-0.15, -0.1) is 0 Å². The summed E-state index contributed by atoms with van der Waals surface area (Å²) >= 11 is 0. The molecule has 0 spiro atoms. The zero-order valence-electron chi connectivity index (χ0n) is 11.3. The Hall–Kier alpha value is -1.49. The Morgan fingerprint density at radius 3 is 2.95 bits per heavy atom. The van der Waals surface area contributed by atoms with Crippen LogP contribution in [0, 0.1) is 17.6 Å². The number of carbonyl (C=O) groups excluding carboxylic acids is 1. The number of aliphatic hydroxyl groups is 1. The van der Waals surface area contributed by atoms with Crippen LogP contribution in [0.5, 0.6) is 0 Å². The molecule has 1 fully saturated rings. The van der Waals surface area contributed by atoms with Crippen LogP contribution in [-0.2, 0) is 11.2 Å². The molecule has 1 unspecified atom stereocenters. The summed E-state index contributed by atoms with van der Waals surface area (Å²) in [6.07, 6.45) is 2.45. The smallest absolute Gasteiger partial charge is 0.227 e. The topological polar surface area (TPSA) is 40.5 Å². The third-order valence-electron chi connectivity index (χ3n) is 3.78. The Labute approximate surface area is 117 Å². The van der Waals surface area contributed by atoms with Gasteiger partial charge in [-0.05, 0) is 31.2 Å². The van der Waals surface area contributed by atoms with Gasteiger partial charge in [0.15, 0.2) is 11.6 Å². The van der Waals surface area contributed by atoms with Crippen molar-refractivity contribution in [2.45, 2.75) is 25.7 Å². The van der Waals surface area contributed by atoms with Crippen LogP contribution in [0.4, 0.5) is 8.78 Å². The van der Waals surface area contributed by atoms with E-state index in [4.69, 9.17) is 5.11 Å². The zero-order chi connectivity index (χ0) is 14.5. The highest BCUT2D eigenvalue weighted by molar-refractivity contribution is 5.79. The molecule has 0 aromatic heterocycles. The minimum atomic E-state index is -0.940. The fraction of sp³-hybridized carbons (Fsp3) is 0.533. The van der Waals surface area contributed by atoms with E-state index in [1.54, 1.807) is 4.90 Å². The Bertz CT molecular complexity index is 477. The number of amides is 1. The summed E-state index contributed by atoms with van der Waals surface area (Å²) < 4.78 is 26.7. The SMILES string of the molecule is O=C(Cc1cccc(F)c1F)N1CCCC(CCO)C1.